The van der Waals surface area contributed by atoms with Crippen LogP contribution in [0.5, 0.6) is 0 Å². The van der Waals surface area contributed by atoms with Gasteiger partial charge in [-0.3, -0.25) is 0 Å². The van der Waals surface area contributed by atoms with Crippen LogP contribution in [0.15, 0.2) is 0 Å². The van der Waals surface area contributed by atoms with E-state index in [0.29, 0.717) is 6.04 Å². The molecule has 0 saturated heterocycles. The van der Waals surface area contributed by atoms with E-state index in [-0.39, 0.29) is 0 Å². The Hall–Kier alpha value is -0.310. The molecule has 0 amide bonds. The molecule has 80 valence electrons. The molecule has 2 bridgehead atoms. The van der Waals surface area contributed by atoms with Crippen molar-refractivity contribution < 1.29 is 0 Å². The molecular weight excluding hydrogens is 192 g/mol. The predicted octanol–water partition coefficient (Wildman–Crippen LogP) is 1.90. The van der Waals surface area contributed by atoms with Crippen molar-refractivity contribution in [3.8, 4) is 0 Å². The molecule has 0 aromatic carbocycles. The van der Waals surface area contributed by atoms with E-state index in [1.54, 1.807) is 0 Å². The maximum Gasteiger partial charge on any atom is 0.166 e. The summed E-state index contributed by atoms with van der Waals surface area (Å²) in [7, 11) is 1.88. The van der Waals surface area contributed by atoms with Crippen molar-refractivity contribution in [1.29, 1.82) is 0 Å². The molecule has 2 aliphatic rings. The third-order valence-electron chi connectivity index (χ3n) is 4.02. The second kappa shape index (κ2) is 4.05. The molecular formula is C11H20N2S. The van der Waals surface area contributed by atoms with E-state index >= 15 is 0 Å². The van der Waals surface area contributed by atoms with Crippen LogP contribution < -0.4 is 10.6 Å². The molecule has 0 radical (unpaired) electrons. The lowest BCUT2D eigenvalue weighted by atomic mass is 9.84. The van der Waals surface area contributed by atoms with E-state index in [9.17, 15) is 0 Å². The van der Waals surface area contributed by atoms with Gasteiger partial charge >= 0.3 is 0 Å². The standard InChI is InChI=1S/C11H20N2S/c1-7(13-11(14)12-2)10-6-8-3-4-9(10)5-8/h7-10H,3-6H2,1-2H3,(H2,12,13,14)/t7-,8+,9+,10-/m1/s1. The summed E-state index contributed by atoms with van der Waals surface area (Å²) >= 11 is 5.13. The van der Waals surface area contributed by atoms with Crippen LogP contribution in [0.2, 0.25) is 0 Å². The van der Waals surface area contributed by atoms with Crippen LogP contribution >= 0.6 is 12.2 Å². The fourth-order valence-electron chi connectivity index (χ4n) is 3.29. The van der Waals surface area contributed by atoms with E-state index in [2.05, 4.69) is 17.6 Å². The zero-order valence-corrected chi connectivity index (χ0v) is 9.86. The molecule has 0 aliphatic heterocycles. The number of hydrogen-bond donors (Lipinski definition) is 2. The van der Waals surface area contributed by atoms with Crippen LogP contribution in [0, 0.1) is 17.8 Å². The van der Waals surface area contributed by atoms with Crippen LogP contribution in [-0.4, -0.2) is 18.2 Å². The largest absolute Gasteiger partial charge is 0.366 e. The third-order valence-corrected chi connectivity index (χ3v) is 4.34. The molecule has 0 aromatic heterocycles. The lowest BCUT2D eigenvalue weighted by Crippen LogP contribution is -2.43. The number of rotatable bonds is 2. The van der Waals surface area contributed by atoms with Gasteiger partial charge in [-0.1, -0.05) is 6.42 Å². The fourth-order valence-corrected chi connectivity index (χ4v) is 3.48. The lowest BCUT2D eigenvalue weighted by molar-refractivity contribution is 0.278. The number of fused-ring (bicyclic) bond motifs is 2. The minimum absolute atomic E-state index is 0.547. The zero-order valence-electron chi connectivity index (χ0n) is 9.05. The van der Waals surface area contributed by atoms with Gasteiger partial charge in [-0.2, -0.15) is 0 Å². The minimum atomic E-state index is 0.547. The van der Waals surface area contributed by atoms with E-state index in [0.717, 1.165) is 22.9 Å². The van der Waals surface area contributed by atoms with Gasteiger partial charge in [0.15, 0.2) is 5.11 Å². The van der Waals surface area contributed by atoms with Gasteiger partial charge in [-0.15, -0.1) is 0 Å². The first-order chi connectivity index (χ1) is 6.70. The molecule has 2 saturated carbocycles. The maximum atomic E-state index is 5.13. The normalized spacial score (nSPS) is 36.9. The molecule has 2 N–H and O–H groups in total. The SMILES string of the molecule is CNC(=S)N[C@H](C)[C@H]1C[C@H]2CC[C@H]1C2. The number of nitrogens with one attached hydrogen (secondary N) is 2. The first-order valence-corrected chi connectivity index (χ1v) is 6.09. The molecule has 2 rings (SSSR count). The first-order valence-electron chi connectivity index (χ1n) is 5.69. The summed E-state index contributed by atoms with van der Waals surface area (Å²) in [5, 5.41) is 7.15. The van der Waals surface area contributed by atoms with Crippen LogP contribution in [0.4, 0.5) is 0 Å². The molecule has 0 spiro atoms. The highest BCUT2D eigenvalue weighted by molar-refractivity contribution is 7.80. The van der Waals surface area contributed by atoms with E-state index in [4.69, 9.17) is 12.2 Å². The fraction of sp³-hybridized carbons (Fsp3) is 0.909. The van der Waals surface area contributed by atoms with Crippen molar-refractivity contribution in [2.75, 3.05) is 7.05 Å². The van der Waals surface area contributed by atoms with Crippen molar-refractivity contribution in [3.63, 3.8) is 0 Å². The molecule has 2 nitrogen and oxygen atoms in total. The molecule has 14 heavy (non-hydrogen) atoms. The Morgan fingerprint density at radius 3 is 2.64 bits per heavy atom. The molecule has 0 unspecified atom stereocenters. The van der Waals surface area contributed by atoms with Gasteiger partial charge in [-0.05, 0) is 56.2 Å². The average molecular weight is 212 g/mol. The topological polar surface area (TPSA) is 24.1 Å². The Balaban J connectivity index is 1.86. The van der Waals surface area contributed by atoms with E-state index in [1.807, 2.05) is 7.05 Å². The summed E-state index contributed by atoms with van der Waals surface area (Å²) in [5.74, 6) is 2.86. The van der Waals surface area contributed by atoms with Gasteiger partial charge in [0.2, 0.25) is 0 Å². The summed E-state index contributed by atoms with van der Waals surface area (Å²) in [5.41, 5.74) is 0. The second-order valence-electron chi connectivity index (χ2n) is 4.85. The van der Waals surface area contributed by atoms with Crippen molar-refractivity contribution >= 4 is 17.3 Å². The van der Waals surface area contributed by atoms with Crippen LogP contribution in [-0.2, 0) is 0 Å². The van der Waals surface area contributed by atoms with Gasteiger partial charge in [0.05, 0.1) is 0 Å². The van der Waals surface area contributed by atoms with Gasteiger partial charge in [0.25, 0.3) is 0 Å². The van der Waals surface area contributed by atoms with Crippen molar-refractivity contribution in [2.24, 2.45) is 17.8 Å². The summed E-state index contributed by atoms with van der Waals surface area (Å²) in [6.45, 7) is 2.27. The Bertz CT molecular complexity index is 229. The smallest absolute Gasteiger partial charge is 0.166 e. The molecule has 2 fully saturated rings. The van der Waals surface area contributed by atoms with Gasteiger partial charge in [0.1, 0.15) is 0 Å². The second-order valence-corrected chi connectivity index (χ2v) is 5.26. The van der Waals surface area contributed by atoms with Gasteiger partial charge < -0.3 is 10.6 Å². The van der Waals surface area contributed by atoms with E-state index in [1.165, 1.54) is 25.7 Å². The third kappa shape index (κ3) is 1.88. The van der Waals surface area contributed by atoms with Gasteiger partial charge in [-0.25, -0.2) is 0 Å². The van der Waals surface area contributed by atoms with Crippen LogP contribution in [0.1, 0.15) is 32.6 Å². The molecule has 3 heteroatoms. The highest BCUT2D eigenvalue weighted by Gasteiger charge is 2.41. The Kier molecular flexibility index (Phi) is 2.96. The molecule has 0 aromatic rings. The Morgan fingerprint density at radius 2 is 2.14 bits per heavy atom. The van der Waals surface area contributed by atoms with Gasteiger partial charge in [0, 0.05) is 13.1 Å². The predicted molar refractivity (Wildman–Crippen MR) is 63.2 cm³/mol. The highest BCUT2D eigenvalue weighted by atomic mass is 32.1. The number of hydrogen-bond acceptors (Lipinski definition) is 1. The van der Waals surface area contributed by atoms with Crippen molar-refractivity contribution in [1.82, 2.24) is 10.6 Å². The average Bonchev–Trinajstić information content (AvgIpc) is 2.78. The van der Waals surface area contributed by atoms with Crippen molar-refractivity contribution in [2.45, 2.75) is 38.6 Å². The highest BCUT2D eigenvalue weighted by Crippen LogP contribution is 2.49. The first kappa shape index (κ1) is 10.2. The molecule has 2 aliphatic carbocycles. The Morgan fingerprint density at radius 1 is 1.36 bits per heavy atom. The van der Waals surface area contributed by atoms with Crippen LogP contribution in [0.25, 0.3) is 0 Å². The summed E-state index contributed by atoms with van der Waals surface area (Å²) in [6.07, 6.45) is 5.83. The van der Waals surface area contributed by atoms with Crippen molar-refractivity contribution in [3.05, 3.63) is 0 Å². The summed E-state index contributed by atoms with van der Waals surface area (Å²) in [4.78, 5) is 0. The summed E-state index contributed by atoms with van der Waals surface area (Å²) in [6, 6.07) is 0.547. The zero-order chi connectivity index (χ0) is 10.1. The quantitative estimate of drug-likeness (QED) is 0.684. The minimum Gasteiger partial charge on any atom is -0.366 e. The Labute approximate surface area is 91.8 Å². The molecule has 4 atom stereocenters. The summed E-state index contributed by atoms with van der Waals surface area (Å²) < 4.78 is 0. The monoisotopic (exact) mass is 212 g/mol. The van der Waals surface area contributed by atoms with Crippen LogP contribution in [0.3, 0.4) is 0 Å². The molecule has 0 heterocycles. The van der Waals surface area contributed by atoms with E-state index < -0.39 is 0 Å². The lowest BCUT2D eigenvalue weighted by Gasteiger charge is -2.29. The maximum absolute atomic E-state index is 5.13. The number of thiocarbonyl (C=S) groups is 1.